The van der Waals surface area contributed by atoms with Gasteiger partial charge in [0.2, 0.25) is 0 Å². The second-order valence-electron chi connectivity index (χ2n) is 5.74. The van der Waals surface area contributed by atoms with E-state index in [2.05, 4.69) is 16.0 Å². The minimum Gasteiger partial charge on any atom is -0.508 e. The summed E-state index contributed by atoms with van der Waals surface area (Å²) in [5, 5.41) is 18.3. The molecule has 2 aromatic rings. The number of hydrogen-bond donors (Lipinski definition) is 4. The van der Waals surface area contributed by atoms with Crippen LogP contribution in [0.2, 0.25) is 0 Å². The number of allylic oxidation sites excluding steroid dienone is 1. The molecule has 1 atom stereocenters. The van der Waals surface area contributed by atoms with Gasteiger partial charge in [0, 0.05) is 17.5 Å². The number of anilines is 1. The summed E-state index contributed by atoms with van der Waals surface area (Å²) < 4.78 is 26.4. The Morgan fingerprint density at radius 1 is 1.15 bits per heavy atom. The van der Waals surface area contributed by atoms with Crippen LogP contribution in [0, 0.1) is 11.6 Å². The highest BCUT2D eigenvalue weighted by atomic mass is 32.1. The van der Waals surface area contributed by atoms with Gasteiger partial charge < -0.3 is 21.1 Å². The Labute approximate surface area is 153 Å². The highest BCUT2D eigenvalue weighted by Gasteiger charge is 2.30. The number of amides is 1. The molecule has 0 unspecified atom stereocenters. The summed E-state index contributed by atoms with van der Waals surface area (Å²) in [7, 11) is 0. The number of rotatable bonds is 3. The fraction of sp³-hybridized carbons (Fsp3) is 0.111. The van der Waals surface area contributed by atoms with Crippen LogP contribution in [0.15, 0.2) is 53.7 Å². The first-order valence-electron chi connectivity index (χ1n) is 7.69. The first-order chi connectivity index (χ1) is 12.3. The lowest BCUT2D eigenvalue weighted by Crippen LogP contribution is -2.45. The predicted molar refractivity (Wildman–Crippen MR) is 97.4 cm³/mol. The van der Waals surface area contributed by atoms with Gasteiger partial charge in [-0.15, -0.1) is 0 Å². The molecule has 2 aromatic carbocycles. The summed E-state index contributed by atoms with van der Waals surface area (Å²) in [5.41, 5.74) is 1.72. The van der Waals surface area contributed by atoms with Gasteiger partial charge in [-0.25, -0.2) is 8.78 Å². The van der Waals surface area contributed by atoms with Crippen molar-refractivity contribution in [2.24, 2.45) is 0 Å². The summed E-state index contributed by atoms with van der Waals surface area (Å²) in [5.74, 6) is -2.44. The van der Waals surface area contributed by atoms with E-state index in [0.29, 0.717) is 21.9 Å². The van der Waals surface area contributed by atoms with Crippen molar-refractivity contribution in [3.05, 3.63) is 70.9 Å². The molecule has 0 spiro atoms. The van der Waals surface area contributed by atoms with E-state index in [-0.39, 0.29) is 11.4 Å². The molecule has 0 fully saturated rings. The van der Waals surface area contributed by atoms with E-state index in [9.17, 15) is 18.7 Å². The van der Waals surface area contributed by atoms with E-state index in [4.69, 9.17) is 12.2 Å². The number of carbonyl (C=O) groups is 1. The SMILES string of the molecule is CC1=C(C(=O)Nc2ccc(F)c(F)c2)[C@H](c2ccc(O)cc2)NC(=S)N1. The molecule has 134 valence electrons. The number of carbonyl (C=O) groups excluding carboxylic acids is 1. The van der Waals surface area contributed by atoms with Gasteiger partial charge in [-0.2, -0.15) is 0 Å². The number of benzene rings is 2. The highest BCUT2D eigenvalue weighted by Crippen LogP contribution is 2.29. The molecule has 5 nitrogen and oxygen atoms in total. The second kappa shape index (κ2) is 7.09. The van der Waals surface area contributed by atoms with Crippen molar-refractivity contribution in [2.75, 3.05) is 5.32 Å². The minimum atomic E-state index is -1.05. The maximum Gasteiger partial charge on any atom is 0.255 e. The molecule has 1 heterocycles. The zero-order chi connectivity index (χ0) is 18.8. The fourth-order valence-electron chi connectivity index (χ4n) is 2.68. The molecule has 0 saturated carbocycles. The minimum absolute atomic E-state index is 0.0961. The van der Waals surface area contributed by atoms with E-state index in [1.165, 1.54) is 18.2 Å². The largest absolute Gasteiger partial charge is 0.508 e. The van der Waals surface area contributed by atoms with E-state index < -0.39 is 23.6 Å². The Morgan fingerprint density at radius 3 is 2.50 bits per heavy atom. The van der Waals surface area contributed by atoms with Gasteiger partial charge in [0.1, 0.15) is 5.75 Å². The van der Waals surface area contributed by atoms with Crippen LogP contribution in [0.3, 0.4) is 0 Å². The molecule has 0 aromatic heterocycles. The van der Waals surface area contributed by atoms with E-state index >= 15 is 0 Å². The molecule has 1 aliphatic rings. The van der Waals surface area contributed by atoms with Crippen molar-refractivity contribution in [2.45, 2.75) is 13.0 Å². The van der Waals surface area contributed by atoms with Crippen LogP contribution in [-0.2, 0) is 4.79 Å². The monoisotopic (exact) mass is 375 g/mol. The van der Waals surface area contributed by atoms with Gasteiger partial charge in [-0.1, -0.05) is 12.1 Å². The molecule has 3 rings (SSSR count). The van der Waals surface area contributed by atoms with E-state index in [1.54, 1.807) is 19.1 Å². The molecule has 1 amide bonds. The third kappa shape index (κ3) is 3.65. The quantitative estimate of drug-likeness (QED) is 0.621. The molecule has 0 aliphatic carbocycles. The van der Waals surface area contributed by atoms with E-state index in [1.807, 2.05) is 0 Å². The van der Waals surface area contributed by atoms with E-state index in [0.717, 1.165) is 12.1 Å². The maximum atomic E-state index is 13.4. The molecular weight excluding hydrogens is 360 g/mol. The Balaban J connectivity index is 1.93. The normalized spacial score (nSPS) is 16.7. The zero-order valence-corrected chi connectivity index (χ0v) is 14.5. The Morgan fingerprint density at radius 2 is 1.85 bits per heavy atom. The van der Waals surface area contributed by atoms with Crippen LogP contribution in [0.25, 0.3) is 0 Å². The van der Waals surface area contributed by atoms with Crippen molar-refractivity contribution in [3.63, 3.8) is 0 Å². The van der Waals surface area contributed by atoms with Crippen LogP contribution in [0.1, 0.15) is 18.5 Å². The fourth-order valence-corrected chi connectivity index (χ4v) is 2.95. The van der Waals surface area contributed by atoms with Crippen molar-refractivity contribution >= 4 is 28.9 Å². The smallest absolute Gasteiger partial charge is 0.255 e. The van der Waals surface area contributed by atoms with Crippen LogP contribution >= 0.6 is 12.2 Å². The molecule has 1 aliphatic heterocycles. The standard InChI is InChI=1S/C18H15F2N3O2S/c1-9-15(17(25)22-11-4-7-13(19)14(20)8-11)16(23-18(26)21-9)10-2-5-12(24)6-3-10/h2-8,16,24H,1H3,(H,22,25)(H2,21,23,26)/t16-/m0/s1. The molecule has 4 N–H and O–H groups in total. The topological polar surface area (TPSA) is 73.4 Å². The third-order valence-electron chi connectivity index (χ3n) is 3.92. The van der Waals surface area contributed by atoms with Gasteiger partial charge in [-0.05, 0) is 49.0 Å². The van der Waals surface area contributed by atoms with Crippen LogP contribution in [-0.4, -0.2) is 16.1 Å². The maximum absolute atomic E-state index is 13.4. The highest BCUT2D eigenvalue weighted by molar-refractivity contribution is 7.80. The molecule has 0 radical (unpaired) electrons. The summed E-state index contributed by atoms with van der Waals surface area (Å²) in [6, 6.07) is 8.90. The number of nitrogens with one attached hydrogen (secondary N) is 3. The van der Waals surface area contributed by atoms with Crippen LogP contribution < -0.4 is 16.0 Å². The van der Waals surface area contributed by atoms with Gasteiger partial charge in [0.15, 0.2) is 16.7 Å². The first kappa shape index (κ1) is 17.8. The molecule has 8 heteroatoms. The Hall–Kier alpha value is -3.00. The molecule has 0 saturated heterocycles. The van der Waals surface area contributed by atoms with Crippen molar-refractivity contribution in [1.82, 2.24) is 10.6 Å². The van der Waals surface area contributed by atoms with Crippen LogP contribution in [0.5, 0.6) is 5.75 Å². The number of hydrogen-bond acceptors (Lipinski definition) is 3. The summed E-state index contributed by atoms with van der Waals surface area (Å²) in [6.07, 6.45) is 0. The zero-order valence-electron chi connectivity index (χ0n) is 13.6. The predicted octanol–water partition coefficient (Wildman–Crippen LogP) is 3.10. The average Bonchev–Trinajstić information content (AvgIpc) is 2.58. The number of phenols is 1. The Bertz CT molecular complexity index is 913. The van der Waals surface area contributed by atoms with Gasteiger partial charge in [0.25, 0.3) is 5.91 Å². The third-order valence-corrected chi connectivity index (χ3v) is 4.14. The lowest BCUT2D eigenvalue weighted by Gasteiger charge is -2.30. The molecule has 0 bridgehead atoms. The number of halogens is 2. The van der Waals surface area contributed by atoms with Crippen molar-refractivity contribution in [1.29, 1.82) is 0 Å². The lowest BCUT2D eigenvalue weighted by atomic mass is 9.95. The molecule has 26 heavy (non-hydrogen) atoms. The van der Waals surface area contributed by atoms with Gasteiger partial charge in [-0.3, -0.25) is 4.79 Å². The number of aromatic hydroxyl groups is 1. The number of thiocarbonyl (C=S) groups is 1. The van der Waals surface area contributed by atoms with Crippen molar-refractivity contribution in [3.8, 4) is 5.75 Å². The summed E-state index contributed by atoms with van der Waals surface area (Å²) >= 11 is 5.16. The first-order valence-corrected chi connectivity index (χ1v) is 8.09. The summed E-state index contributed by atoms with van der Waals surface area (Å²) in [6.45, 7) is 1.70. The lowest BCUT2D eigenvalue weighted by molar-refractivity contribution is -0.113. The van der Waals surface area contributed by atoms with Gasteiger partial charge in [0.05, 0.1) is 11.6 Å². The molecular formula is C18H15F2N3O2S. The summed E-state index contributed by atoms with van der Waals surface area (Å²) in [4.78, 5) is 12.8. The average molecular weight is 375 g/mol. The van der Waals surface area contributed by atoms with Crippen molar-refractivity contribution < 1.29 is 18.7 Å². The second-order valence-corrected chi connectivity index (χ2v) is 6.15. The van der Waals surface area contributed by atoms with Crippen LogP contribution in [0.4, 0.5) is 14.5 Å². The van der Waals surface area contributed by atoms with Gasteiger partial charge >= 0.3 is 0 Å². The Kier molecular flexibility index (Phi) is 4.85. The number of phenolic OH excluding ortho intramolecular Hbond substituents is 1.